The maximum Gasteiger partial charge on any atom is 0.289 e. The highest BCUT2D eigenvalue weighted by Gasteiger charge is 2.38. The standard InChI is InChI=1S/C19H19ClN4O4/c20-14-9-8-13(11-16(14)24(27)28)22-19(26)17(12-5-2-1-3-6-12)23-10-4-7-15(23)18(21)25/h1-3,5-6,8-9,11,15,17H,4,7,10H2,(H2,21,25)(H,22,26). The van der Waals surface area contributed by atoms with Crippen molar-refractivity contribution in [2.45, 2.75) is 24.9 Å². The lowest BCUT2D eigenvalue weighted by Gasteiger charge is -2.31. The minimum atomic E-state index is -0.754. The molecule has 0 saturated carbocycles. The first kappa shape index (κ1) is 19.8. The molecule has 3 rings (SSSR count). The number of carbonyl (C=O) groups excluding carboxylic acids is 2. The molecule has 1 saturated heterocycles. The highest BCUT2D eigenvalue weighted by Crippen LogP contribution is 2.32. The highest BCUT2D eigenvalue weighted by molar-refractivity contribution is 6.32. The van der Waals surface area contributed by atoms with Gasteiger partial charge < -0.3 is 11.1 Å². The molecular formula is C19H19ClN4O4. The quantitative estimate of drug-likeness (QED) is 0.568. The molecule has 2 amide bonds. The fourth-order valence-corrected chi connectivity index (χ4v) is 3.66. The first-order valence-corrected chi connectivity index (χ1v) is 9.11. The Morgan fingerprint density at radius 2 is 1.96 bits per heavy atom. The number of nitrogens with one attached hydrogen (secondary N) is 1. The second kappa shape index (κ2) is 8.37. The highest BCUT2D eigenvalue weighted by atomic mass is 35.5. The first-order valence-electron chi connectivity index (χ1n) is 8.73. The number of nitrogens with zero attached hydrogens (tertiary/aromatic N) is 2. The van der Waals surface area contributed by atoms with Crippen LogP contribution in [0.5, 0.6) is 0 Å². The van der Waals surface area contributed by atoms with Crippen LogP contribution in [0, 0.1) is 10.1 Å². The van der Waals surface area contributed by atoms with Gasteiger partial charge in [0.1, 0.15) is 11.1 Å². The fraction of sp³-hybridized carbons (Fsp3) is 0.263. The molecule has 1 aliphatic heterocycles. The molecule has 3 N–H and O–H groups in total. The Morgan fingerprint density at radius 3 is 2.61 bits per heavy atom. The third kappa shape index (κ3) is 4.13. The van der Waals surface area contributed by atoms with Crippen molar-refractivity contribution in [2.75, 3.05) is 11.9 Å². The lowest BCUT2D eigenvalue weighted by Crippen LogP contribution is -2.46. The minimum absolute atomic E-state index is 0.0176. The van der Waals surface area contributed by atoms with Gasteiger partial charge in [-0.25, -0.2) is 0 Å². The first-order chi connectivity index (χ1) is 13.4. The summed E-state index contributed by atoms with van der Waals surface area (Å²) in [5.74, 6) is -0.885. The zero-order valence-corrected chi connectivity index (χ0v) is 15.6. The summed E-state index contributed by atoms with van der Waals surface area (Å²) >= 11 is 5.83. The van der Waals surface area contributed by atoms with Gasteiger partial charge in [0, 0.05) is 18.3 Å². The number of likely N-dealkylation sites (tertiary alicyclic amines) is 1. The Kier molecular flexibility index (Phi) is 5.91. The summed E-state index contributed by atoms with van der Waals surface area (Å²) in [6.45, 7) is 0.543. The van der Waals surface area contributed by atoms with Crippen molar-refractivity contribution in [1.29, 1.82) is 0 Å². The van der Waals surface area contributed by atoms with E-state index in [-0.39, 0.29) is 16.4 Å². The third-order valence-electron chi connectivity index (χ3n) is 4.73. The van der Waals surface area contributed by atoms with E-state index in [1.165, 1.54) is 18.2 Å². The molecule has 1 aliphatic rings. The number of hydrogen-bond acceptors (Lipinski definition) is 5. The summed E-state index contributed by atoms with van der Waals surface area (Å²) < 4.78 is 0. The van der Waals surface area contributed by atoms with Crippen LogP contribution in [-0.4, -0.2) is 34.2 Å². The van der Waals surface area contributed by atoms with E-state index in [1.54, 1.807) is 29.2 Å². The number of benzene rings is 2. The van der Waals surface area contributed by atoms with Gasteiger partial charge in [0.2, 0.25) is 11.8 Å². The molecule has 2 aromatic rings. The summed E-state index contributed by atoms with van der Waals surface area (Å²) in [7, 11) is 0. The largest absolute Gasteiger partial charge is 0.368 e. The van der Waals surface area contributed by atoms with Crippen molar-refractivity contribution in [2.24, 2.45) is 5.73 Å². The molecule has 1 heterocycles. The van der Waals surface area contributed by atoms with Gasteiger partial charge >= 0.3 is 0 Å². The normalized spacial score (nSPS) is 17.8. The van der Waals surface area contributed by atoms with Crippen molar-refractivity contribution in [3.63, 3.8) is 0 Å². The molecule has 8 nitrogen and oxygen atoms in total. The number of primary amides is 1. The van der Waals surface area contributed by atoms with Gasteiger partial charge in [0.25, 0.3) is 5.69 Å². The topological polar surface area (TPSA) is 119 Å². The summed E-state index contributed by atoms with van der Waals surface area (Å²) in [5, 5.41) is 13.8. The number of carbonyl (C=O) groups is 2. The second-order valence-electron chi connectivity index (χ2n) is 6.52. The molecule has 2 aromatic carbocycles. The molecule has 1 fully saturated rings. The monoisotopic (exact) mass is 402 g/mol. The van der Waals surface area contributed by atoms with E-state index in [1.807, 2.05) is 6.07 Å². The van der Waals surface area contributed by atoms with Gasteiger partial charge in [0.05, 0.1) is 11.0 Å². The number of halogens is 1. The lowest BCUT2D eigenvalue weighted by molar-refractivity contribution is -0.384. The Bertz CT molecular complexity index is 906. The predicted octanol–water partition coefficient (Wildman–Crippen LogP) is 2.88. The Morgan fingerprint density at radius 1 is 1.25 bits per heavy atom. The Hall–Kier alpha value is -2.97. The van der Waals surface area contributed by atoms with Crippen molar-refractivity contribution in [3.8, 4) is 0 Å². The fourth-order valence-electron chi connectivity index (χ4n) is 3.47. The van der Waals surface area contributed by atoms with E-state index in [2.05, 4.69) is 5.32 Å². The maximum atomic E-state index is 13.1. The van der Waals surface area contributed by atoms with Crippen molar-refractivity contribution >= 4 is 34.8 Å². The van der Waals surface area contributed by atoms with Gasteiger partial charge in [-0.05, 0) is 30.5 Å². The minimum Gasteiger partial charge on any atom is -0.368 e. The number of nitro benzene ring substituents is 1. The molecule has 2 unspecified atom stereocenters. The predicted molar refractivity (Wildman–Crippen MR) is 105 cm³/mol. The van der Waals surface area contributed by atoms with Crippen molar-refractivity contribution < 1.29 is 14.5 Å². The maximum absolute atomic E-state index is 13.1. The molecule has 0 aromatic heterocycles. The van der Waals surface area contributed by atoms with E-state index in [4.69, 9.17) is 17.3 Å². The van der Waals surface area contributed by atoms with Crippen LogP contribution in [0.3, 0.4) is 0 Å². The Labute approximate surface area is 166 Å². The second-order valence-corrected chi connectivity index (χ2v) is 6.93. The zero-order valence-electron chi connectivity index (χ0n) is 14.9. The van der Waals surface area contributed by atoms with Crippen LogP contribution in [-0.2, 0) is 9.59 Å². The molecule has 0 radical (unpaired) electrons. The van der Waals surface area contributed by atoms with E-state index < -0.39 is 28.8 Å². The molecule has 2 atom stereocenters. The van der Waals surface area contributed by atoms with Crippen LogP contribution in [0.1, 0.15) is 24.4 Å². The molecule has 28 heavy (non-hydrogen) atoms. The van der Waals surface area contributed by atoms with Crippen LogP contribution in [0.4, 0.5) is 11.4 Å². The summed E-state index contributed by atoms with van der Waals surface area (Å²) in [5.41, 5.74) is 6.18. The SMILES string of the molecule is NC(=O)C1CCCN1C(C(=O)Nc1ccc(Cl)c([N+](=O)[O-])c1)c1ccccc1. The van der Waals surface area contributed by atoms with E-state index in [9.17, 15) is 19.7 Å². The van der Waals surface area contributed by atoms with Crippen LogP contribution in [0.25, 0.3) is 0 Å². The Balaban J connectivity index is 1.93. The number of hydrogen-bond donors (Lipinski definition) is 2. The van der Waals surface area contributed by atoms with Gasteiger partial charge in [0.15, 0.2) is 0 Å². The lowest BCUT2D eigenvalue weighted by atomic mass is 10.0. The van der Waals surface area contributed by atoms with Crippen LogP contribution < -0.4 is 11.1 Å². The third-order valence-corrected chi connectivity index (χ3v) is 5.05. The van der Waals surface area contributed by atoms with Gasteiger partial charge in [-0.3, -0.25) is 24.6 Å². The number of anilines is 1. The molecule has 0 spiro atoms. The van der Waals surface area contributed by atoms with Gasteiger partial charge in [-0.1, -0.05) is 41.9 Å². The van der Waals surface area contributed by atoms with E-state index >= 15 is 0 Å². The molecule has 146 valence electrons. The molecular weight excluding hydrogens is 384 g/mol. The molecule has 9 heteroatoms. The average Bonchev–Trinajstić information content (AvgIpc) is 3.14. The van der Waals surface area contributed by atoms with Crippen molar-refractivity contribution in [3.05, 3.63) is 69.2 Å². The van der Waals surface area contributed by atoms with Crippen LogP contribution in [0.2, 0.25) is 5.02 Å². The zero-order chi connectivity index (χ0) is 20.3. The average molecular weight is 403 g/mol. The van der Waals surface area contributed by atoms with Crippen molar-refractivity contribution in [1.82, 2.24) is 4.90 Å². The van der Waals surface area contributed by atoms with Crippen LogP contribution >= 0.6 is 11.6 Å². The smallest absolute Gasteiger partial charge is 0.289 e. The summed E-state index contributed by atoms with van der Waals surface area (Å²) in [6, 6.07) is 11.8. The molecule has 0 aliphatic carbocycles. The van der Waals surface area contributed by atoms with E-state index in [0.29, 0.717) is 18.5 Å². The number of amides is 2. The summed E-state index contributed by atoms with van der Waals surface area (Å²) in [6.07, 6.45) is 1.33. The number of rotatable bonds is 6. The van der Waals surface area contributed by atoms with E-state index in [0.717, 1.165) is 6.42 Å². The van der Waals surface area contributed by atoms with Crippen LogP contribution in [0.15, 0.2) is 48.5 Å². The van der Waals surface area contributed by atoms with Gasteiger partial charge in [-0.15, -0.1) is 0 Å². The number of nitrogens with two attached hydrogens (primary N) is 1. The van der Waals surface area contributed by atoms with Gasteiger partial charge in [-0.2, -0.15) is 0 Å². The summed E-state index contributed by atoms with van der Waals surface area (Å²) in [4.78, 5) is 37.2. The molecule has 0 bridgehead atoms. The number of nitro groups is 1.